The summed E-state index contributed by atoms with van der Waals surface area (Å²) in [5, 5.41) is 10.0. The summed E-state index contributed by atoms with van der Waals surface area (Å²) in [6.07, 6.45) is 0.120. The fourth-order valence-corrected chi connectivity index (χ4v) is 2.46. The van der Waals surface area contributed by atoms with Crippen molar-refractivity contribution < 1.29 is 14.6 Å². The van der Waals surface area contributed by atoms with Crippen molar-refractivity contribution in [3.63, 3.8) is 0 Å². The highest BCUT2D eigenvalue weighted by Crippen LogP contribution is 2.37. The van der Waals surface area contributed by atoms with Crippen LogP contribution in [0.25, 0.3) is 0 Å². The first-order valence-electron chi connectivity index (χ1n) is 7.12. The highest BCUT2D eigenvalue weighted by molar-refractivity contribution is 6.00. The number of anilines is 1. The molecule has 2 rings (SSSR count). The molecule has 0 bridgehead atoms. The van der Waals surface area contributed by atoms with Gasteiger partial charge in [-0.05, 0) is 44.0 Å². The van der Waals surface area contributed by atoms with E-state index in [0.29, 0.717) is 31.7 Å². The Balaban J connectivity index is 2.37. The summed E-state index contributed by atoms with van der Waals surface area (Å²) in [6.45, 7) is 4.87. The van der Waals surface area contributed by atoms with E-state index in [1.54, 1.807) is 4.90 Å². The Morgan fingerprint density at radius 1 is 1.45 bits per heavy atom. The zero-order chi connectivity index (χ0) is 14.7. The number of hydrogen-bond acceptors (Lipinski definition) is 4. The summed E-state index contributed by atoms with van der Waals surface area (Å²) < 4.78 is 5.72. The number of fused-ring (bicyclic) bond motifs is 1. The molecule has 1 aromatic carbocycles. The van der Waals surface area contributed by atoms with Crippen LogP contribution in [0.1, 0.15) is 38.4 Å². The Kier molecular flexibility index (Phi) is 4.62. The average Bonchev–Trinajstić information content (AvgIpc) is 2.46. The first-order valence-corrected chi connectivity index (χ1v) is 7.12. The van der Waals surface area contributed by atoms with Gasteiger partial charge >= 0.3 is 0 Å². The average molecular weight is 278 g/mol. The van der Waals surface area contributed by atoms with Crippen molar-refractivity contribution in [1.29, 1.82) is 0 Å². The van der Waals surface area contributed by atoms with Crippen LogP contribution < -0.4 is 15.4 Å². The Bertz CT molecular complexity index is 490. The highest BCUT2D eigenvalue weighted by atomic mass is 16.5. The number of carbonyl (C=O) groups excluding carboxylic acids is 1. The second kappa shape index (κ2) is 6.24. The maximum Gasteiger partial charge on any atom is 0.268 e. The van der Waals surface area contributed by atoms with Crippen molar-refractivity contribution in [2.75, 3.05) is 18.0 Å². The van der Waals surface area contributed by atoms with E-state index in [1.165, 1.54) is 0 Å². The molecule has 2 atom stereocenters. The standard InChI is InChI=1S/C15H22N2O3/c1-3-13-15(19)17(4-2)11-9-10(12(18)7-8-16)5-6-14(11)20-13/h5-6,9,12-13,18H,3-4,7-8,16H2,1-2H3. The van der Waals surface area contributed by atoms with Crippen molar-refractivity contribution in [2.45, 2.75) is 38.9 Å². The Morgan fingerprint density at radius 2 is 2.20 bits per heavy atom. The van der Waals surface area contributed by atoms with Crippen LogP contribution in [0.3, 0.4) is 0 Å². The van der Waals surface area contributed by atoms with E-state index in [4.69, 9.17) is 10.5 Å². The Hall–Kier alpha value is -1.59. The number of ether oxygens (including phenoxy) is 1. The van der Waals surface area contributed by atoms with E-state index in [-0.39, 0.29) is 5.91 Å². The molecule has 0 fully saturated rings. The van der Waals surface area contributed by atoms with E-state index in [0.717, 1.165) is 11.3 Å². The molecular formula is C15H22N2O3. The number of aliphatic hydroxyl groups excluding tert-OH is 1. The Morgan fingerprint density at radius 3 is 2.80 bits per heavy atom. The van der Waals surface area contributed by atoms with Gasteiger partial charge in [0.1, 0.15) is 5.75 Å². The van der Waals surface area contributed by atoms with Gasteiger partial charge in [0.05, 0.1) is 11.8 Å². The monoisotopic (exact) mass is 278 g/mol. The van der Waals surface area contributed by atoms with Crippen molar-refractivity contribution >= 4 is 11.6 Å². The lowest BCUT2D eigenvalue weighted by molar-refractivity contribution is -0.126. The summed E-state index contributed by atoms with van der Waals surface area (Å²) >= 11 is 0. The van der Waals surface area contributed by atoms with Crippen molar-refractivity contribution in [3.8, 4) is 5.75 Å². The largest absolute Gasteiger partial charge is 0.478 e. The number of rotatable bonds is 5. The maximum absolute atomic E-state index is 12.3. The first-order chi connectivity index (χ1) is 9.62. The molecule has 1 amide bonds. The van der Waals surface area contributed by atoms with Crippen LogP contribution in [0.4, 0.5) is 5.69 Å². The number of hydrogen-bond donors (Lipinski definition) is 2. The molecule has 1 aliphatic heterocycles. The van der Waals surface area contributed by atoms with E-state index < -0.39 is 12.2 Å². The lowest BCUT2D eigenvalue weighted by Crippen LogP contribution is -2.45. The number of likely N-dealkylation sites (N-methyl/N-ethyl adjacent to an activating group) is 1. The Labute approximate surface area is 119 Å². The third-order valence-corrected chi connectivity index (χ3v) is 3.60. The summed E-state index contributed by atoms with van der Waals surface area (Å²) in [7, 11) is 0. The van der Waals surface area contributed by atoms with E-state index >= 15 is 0 Å². The second-order valence-corrected chi connectivity index (χ2v) is 4.92. The molecular weight excluding hydrogens is 256 g/mol. The van der Waals surface area contributed by atoms with Crippen molar-refractivity contribution in [1.82, 2.24) is 0 Å². The van der Waals surface area contributed by atoms with E-state index in [9.17, 15) is 9.90 Å². The molecule has 20 heavy (non-hydrogen) atoms. The minimum atomic E-state index is -0.608. The lowest BCUT2D eigenvalue weighted by Gasteiger charge is -2.34. The molecule has 0 saturated heterocycles. The lowest BCUT2D eigenvalue weighted by atomic mass is 10.0. The minimum Gasteiger partial charge on any atom is -0.478 e. The van der Waals surface area contributed by atoms with Crippen LogP contribution in [-0.4, -0.2) is 30.2 Å². The summed E-state index contributed by atoms with van der Waals surface area (Å²) in [4.78, 5) is 14.0. The fraction of sp³-hybridized carbons (Fsp3) is 0.533. The molecule has 5 heteroatoms. The highest BCUT2D eigenvalue weighted by Gasteiger charge is 2.32. The molecule has 110 valence electrons. The minimum absolute atomic E-state index is 0.0204. The van der Waals surface area contributed by atoms with Gasteiger partial charge in [0.2, 0.25) is 0 Å². The zero-order valence-corrected chi connectivity index (χ0v) is 12.0. The first kappa shape index (κ1) is 14.8. The molecule has 0 saturated carbocycles. The number of nitrogens with two attached hydrogens (primary N) is 1. The molecule has 0 aliphatic carbocycles. The van der Waals surface area contributed by atoms with Gasteiger partial charge in [0.25, 0.3) is 5.91 Å². The number of nitrogens with zero attached hydrogens (tertiary/aromatic N) is 1. The molecule has 0 spiro atoms. The topological polar surface area (TPSA) is 75.8 Å². The van der Waals surface area contributed by atoms with Gasteiger partial charge in [-0.2, -0.15) is 0 Å². The van der Waals surface area contributed by atoms with Gasteiger partial charge in [-0.3, -0.25) is 4.79 Å². The summed E-state index contributed by atoms with van der Waals surface area (Å²) in [6, 6.07) is 5.47. The van der Waals surface area contributed by atoms with Gasteiger partial charge < -0.3 is 20.5 Å². The van der Waals surface area contributed by atoms with Gasteiger partial charge in [-0.25, -0.2) is 0 Å². The smallest absolute Gasteiger partial charge is 0.268 e. The number of amides is 1. The molecule has 1 aliphatic rings. The van der Waals surface area contributed by atoms with Crippen LogP contribution in [0, 0.1) is 0 Å². The number of carbonyl (C=O) groups is 1. The molecule has 0 aromatic heterocycles. The summed E-state index contributed by atoms with van der Waals surface area (Å²) in [5.74, 6) is 0.676. The van der Waals surface area contributed by atoms with Gasteiger partial charge in [-0.15, -0.1) is 0 Å². The zero-order valence-electron chi connectivity index (χ0n) is 12.0. The fourth-order valence-electron chi connectivity index (χ4n) is 2.46. The number of aliphatic hydroxyl groups is 1. The quantitative estimate of drug-likeness (QED) is 0.857. The van der Waals surface area contributed by atoms with Crippen LogP contribution in [-0.2, 0) is 4.79 Å². The van der Waals surface area contributed by atoms with Crippen LogP contribution in [0.5, 0.6) is 5.75 Å². The predicted octanol–water partition coefficient (Wildman–Crippen LogP) is 1.59. The molecule has 5 nitrogen and oxygen atoms in total. The third kappa shape index (κ3) is 2.64. The predicted molar refractivity (Wildman–Crippen MR) is 77.8 cm³/mol. The van der Waals surface area contributed by atoms with Crippen LogP contribution in [0.2, 0.25) is 0 Å². The van der Waals surface area contributed by atoms with Crippen LogP contribution in [0.15, 0.2) is 18.2 Å². The normalized spacial score (nSPS) is 19.5. The third-order valence-electron chi connectivity index (χ3n) is 3.60. The van der Waals surface area contributed by atoms with E-state index in [1.807, 2.05) is 32.0 Å². The SMILES string of the molecule is CCC1Oc2ccc(C(O)CCN)cc2N(CC)C1=O. The molecule has 1 heterocycles. The van der Waals surface area contributed by atoms with Gasteiger partial charge in [-0.1, -0.05) is 13.0 Å². The molecule has 2 unspecified atom stereocenters. The van der Waals surface area contributed by atoms with Gasteiger partial charge in [0.15, 0.2) is 6.10 Å². The van der Waals surface area contributed by atoms with Crippen molar-refractivity contribution in [3.05, 3.63) is 23.8 Å². The maximum atomic E-state index is 12.3. The molecule has 0 radical (unpaired) electrons. The summed E-state index contributed by atoms with van der Waals surface area (Å²) in [5.41, 5.74) is 6.96. The van der Waals surface area contributed by atoms with Crippen molar-refractivity contribution in [2.24, 2.45) is 5.73 Å². The van der Waals surface area contributed by atoms with Gasteiger partial charge in [0, 0.05) is 6.54 Å². The molecule has 3 N–H and O–H groups in total. The second-order valence-electron chi connectivity index (χ2n) is 4.92. The number of benzene rings is 1. The van der Waals surface area contributed by atoms with E-state index in [2.05, 4.69) is 0 Å². The molecule has 1 aromatic rings. The van der Waals surface area contributed by atoms with Crippen LogP contribution >= 0.6 is 0 Å².